The van der Waals surface area contributed by atoms with Gasteiger partial charge in [-0.3, -0.25) is 9.69 Å². The topological polar surface area (TPSA) is 138 Å². The number of aliphatic carboxylic acids is 1. The highest BCUT2D eigenvalue weighted by molar-refractivity contribution is 5.81. The SMILES string of the molecule is CC(C)(C)OC(=O)CN1CCN(C(=O)NCCCC[C@H](NC(=O)OCC2c3ccccc3-c3ccccc32)C(=O)O)CC1. The Morgan fingerprint density at radius 2 is 1.53 bits per heavy atom. The number of carboxylic acid groups (broad SMARTS) is 1. The average molecular weight is 595 g/mol. The highest BCUT2D eigenvalue weighted by Crippen LogP contribution is 2.44. The van der Waals surface area contributed by atoms with Crippen LogP contribution in [0.15, 0.2) is 48.5 Å². The molecule has 3 amide bonds. The smallest absolute Gasteiger partial charge is 0.407 e. The van der Waals surface area contributed by atoms with Crippen molar-refractivity contribution in [1.82, 2.24) is 20.4 Å². The Labute approximate surface area is 252 Å². The fourth-order valence-electron chi connectivity index (χ4n) is 5.49. The number of hydrogen-bond acceptors (Lipinski definition) is 7. The van der Waals surface area contributed by atoms with Gasteiger partial charge in [0.25, 0.3) is 0 Å². The molecule has 1 aliphatic carbocycles. The van der Waals surface area contributed by atoms with Gasteiger partial charge in [0.15, 0.2) is 0 Å². The number of nitrogens with zero attached hydrogens (tertiary/aromatic N) is 2. The average Bonchev–Trinajstić information content (AvgIpc) is 3.28. The third-order valence-corrected chi connectivity index (χ3v) is 7.56. The second kappa shape index (κ2) is 14.4. The molecule has 4 rings (SSSR count). The van der Waals surface area contributed by atoms with Gasteiger partial charge in [-0.05, 0) is 62.3 Å². The van der Waals surface area contributed by atoms with Gasteiger partial charge in [-0.1, -0.05) is 48.5 Å². The van der Waals surface area contributed by atoms with E-state index in [2.05, 4.69) is 10.6 Å². The second-order valence-corrected chi connectivity index (χ2v) is 11.9. The second-order valence-electron chi connectivity index (χ2n) is 11.9. The minimum absolute atomic E-state index is 0.105. The number of rotatable bonds is 11. The maximum absolute atomic E-state index is 12.5. The van der Waals surface area contributed by atoms with Gasteiger partial charge >= 0.3 is 24.1 Å². The molecule has 2 aromatic carbocycles. The molecule has 1 heterocycles. The number of amides is 3. The molecule has 43 heavy (non-hydrogen) atoms. The highest BCUT2D eigenvalue weighted by atomic mass is 16.6. The third kappa shape index (κ3) is 8.93. The van der Waals surface area contributed by atoms with E-state index < -0.39 is 23.7 Å². The molecule has 1 atom stereocenters. The first-order chi connectivity index (χ1) is 20.5. The largest absolute Gasteiger partial charge is 0.480 e. The van der Waals surface area contributed by atoms with Crippen LogP contribution in [0.25, 0.3) is 11.1 Å². The molecule has 0 spiro atoms. The summed E-state index contributed by atoms with van der Waals surface area (Å²) in [6.07, 6.45) is 0.484. The molecule has 3 N–H and O–H groups in total. The van der Waals surface area contributed by atoms with Crippen LogP contribution in [0.1, 0.15) is 57.1 Å². The van der Waals surface area contributed by atoms with Gasteiger partial charge in [0.1, 0.15) is 18.2 Å². The molecule has 0 unspecified atom stereocenters. The Balaban J connectivity index is 1.13. The van der Waals surface area contributed by atoms with Crippen molar-refractivity contribution in [2.45, 2.75) is 57.6 Å². The molecular formula is C32H42N4O7. The van der Waals surface area contributed by atoms with Crippen LogP contribution in [0.2, 0.25) is 0 Å². The van der Waals surface area contributed by atoms with Gasteiger partial charge in [-0.25, -0.2) is 14.4 Å². The van der Waals surface area contributed by atoms with Crippen LogP contribution in [0.3, 0.4) is 0 Å². The number of benzene rings is 2. The monoisotopic (exact) mass is 594 g/mol. The number of unbranched alkanes of at least 4 members (excludes halogenated alkanes) is 1. The van der Waals surface area contributed by atoms with Gasteiger partial charge in [0.05, 0.1) is 6.54 Å². The van der Waals surface area contributed by atoms with Crippen LogP contribution in [-0.2, 0) is 19.1 Å². The molecule has 1 aliphatic heterocycles. The first-order valence-electron chi connectivity index (χ1n) is 14.8. The third-order valence-electron chi connectivity index (χ3n) is 7.56. The Kier molecular flexibility index (Phi) is 10.6. The standard InChI is InChI=1S/C32H42N4O7/c1-32(2,3)43-28(37)20-35-16-18-36(19-17-35)30(40)33-15-9-8-14-27(29(38)39)34-31(41)42-21-26-24-12-6-4-10-22(24)23-11-5-7-13-25(23)26/h4-7,10-13,26-27H,8-9,14-21H2,1-3H3,(H,33,40)(H,34,41)(H,38,39)/t27-/m0/s1. The number of urea groups is 1. The van der Waals surface area contributed by atoms with Crippen molar-refractivity contribution in [1.29, 1.82) is 0 Å². The van der Waals surface area contributed by atoms with E-state index in [4.69, 9.17) is 9.47 Å². The van der Waals surface area contributed by atoms with Crippen LogP contribution in [0.5, 0.6) is 0 Å². The highest BCUT2D eigenvalue weighted by Gasteiger charge is 2.30. The fraction of sp³-hybridized carbons (Fsp3) is 0.500. The van der Waals surface area contributed by atoms with E-state index in [0.29, 0.717) is 45.6 Å². The summed E-state index contributed by atoms with van der Waals surface area (Å²) in [5, 5.41) is 15.0. The van der Waals surface area contributed by atoms with Crippen molar-refractivity contribution in [2.75, 3.05) is 45.9 Å². The van der Waals surface area contributed by atoms with Crippen molar-refractivity contribution in [2.24, 2.45) is 0 Å². The molecule has 11 nitrogen and oxygen atoms in total. The lowest BCUT2D eigenvalue weighted by atomic mass is 9.98. The van der Waals surface area contributed by atoms with E-state index in [1.807, 2.05) is 74.2 Å². The lowest BCUT2D eigenvalue weighted by molar-refractivity contribution is -0.156. The number of ether oxygens (including phenoxy) is 2. The van der Waals surface area contributed by atoms with Crippen LogP contribution in [0.4, 0.5) is 9.59 Å². The van der Waals surface area contributed by atoms with E-state index in [-0.39, 0.29) is 37.5 Å². The summed E-state index contributed by atoms with van der Waals surface area (Å²) in [4.78, 5) is 52.6. The molecule has 0 saturated carbocycles. The molecule has 11 heteroatoms. The molecule has 0 bridgehead atoms. The quantitative estimate of drug-likeness (QED) is 0.264. The Hall–Kier alpha value is -4.12. The Morgan fingerprint density at radius 1 is 0.930 bits per heavy atom. The molecule has 1 fully saturated rings. The number of carbonyl (C=O) groups excluding carboxylic acids is 3. The van der Waals surface area contributed by atoms with Crippen molar-refractivity contribution in [3.8, 4) is 11.1 Å². The van der Waals surface area contributed by atoms with Crippen LogP contribution < -0.4 is 10.6 Å². The number of alkyl carbamates (subject to hydrolysis) is 1. The minimum Gasteiger partial charge on any atom is -0.480 e. The summed E-state index contributed by atoms with van der Waals surface area (Å²) in [5.74, 6) is -1.53. The van der Waals surface area contributed by atoms with Crippen molar-refractivity contribution >= 4 is 24.1 Å². The van der Waals surface area contributed by atoms with Gasteiger partial charge in [0.2, 0.25) is 0 Å². The van der Waals surface area contributed by atoms with Crippen LogP contribution >= 0.6 is 0 Å². The van der Waals surface area contributed by atoms with Crippen molar-refractivity contribution < 1.29 is 33.8 Å². The lowest BCUT2D eigenvalue weighted by Crippen LogP contribution is -2.53. The zero-order valence-corrected chi connectivity index (χ0v) is 25.1. The Bertz CT molecular complexity index is 1260. The number of hydrogen-bond donors (Lipinski definition) is 3. The van der Waals surface area contributed by atoms with E-state index >= 15 is 0 Å². The number of carboxylic acids is 1. The van der Waals surface area contributed by atoms with E-state index in [0.717, 1.165) is 22.3 Å². The number of piperazine rings is 1. The Morgan fingerprint density at radius 3 is 2.12 bits per heavy atom. The number of esters is 1. The number of nitrogens with one attached hydrogen (secondary N) is 2. The maximum Gasteiger partial charge on any atom is 0.407 e. The summed E-state index contributed by atoms with van der Waals surface area (Å²) in [6.45, 7) is 8.33. The van der Waals surface area contributed by atoms with Gasteiger partial charge < -0.3 is 30.1 Å². The predicted octanol–water partition coefficient (Wildman–Crippen LogP) is 3.82. The fourth-order valence-corrected chi connectivity index (χ4v) is 5.49. The van der Waals surface area contributed by atoms with E-state index in [1.54, 1.807) is 4.90 Å². The predicted molar refractivity (Wildman–Crippen MR) is 161 cm³/mol. The first-order valence-corrected chi connectivity index (χ1v) is 14.8. The maximum atomic E-state index is 12.5. The van der Waals surface area contributed by atoms with Gasteiger partial charge in [0, 0.05) is 38.6 Å². The van der Waals surface area contributed by atoms with Crippen LogP contribution in [-0.4, -0.2) is 96.5 Å². The molecule has 1 saturated heterocycles. The first kappa shape index (κ1) is 31.8. The summed E-state index contributed by atoms with van der Waals surface area (Å²) in [7, 11) is 0. The van der Waals surface area contributed by atoms with E-state index in [1.165, 1.54) is 0 Å². The summed E-state index contributed by atoms with van der Waals surface area (Å²) >= 11 is 0. The molecule has 2 aromatic rings. The van der Waals surface area contributed by atoms with Gasteiger partial charge in [-0.15, -0.1) is 0 Å². The summed E-state index contributed by atoms with van der Waals surface area (Å²) in [5.41, 5.74) is 3.86. The molecular weight excluding hydrogens is 552 g/mol. The van der Waals surface area contributed by atoms with Crippen molar-refractivity contribution in [3.63, 3.8) is 0 Å². The number of carbonyl (C=O) groups is 4. The number of fused-ring (bicyclic) bond motifs is 3. The minimum atomic E-state index is -1.14. The molecule has 2 aliphatic rings. The van der Waals surface area contributed by atoms with Crippen LogP contribution in [0, 0.1) is 0 Å². The van der Waals surface area contributed by atoms with E-state index in [9.17, 15) is 24.3 Å². The summed E-state index contributed by atoms with van der Waals surface area (Å²) in [6, 6.07) is 14.7. The van der Waals surface area contributed by atoms with Gasteiger partial charge in [-0.2, -0.15) is 0 Å². The normalized spacial score (nSPS) is 15.7. The lowest BCUT2D eigenvalue weighted by Gasteiger charge is -2.34. The summed E-state index contributed by atoms with van der Waals surface area (Å²) < 4.78 is 10.9. The molecule has 0 aromatic heterocycles. The van der Waals surface area contributed by atoms with Crippen molar-refractivity contribution in [3.05, 3.63) is 59.7 Å². The molecule has 232 valence electrons. The zero-order chi connectivity index (χ0) is 31.0. The zero-order valence-electron chi connectivity index (χ0n) is 25.1. The molecule has 0 radical (unpaired) electrons.